The molecule has 0 saturated carbocycles. The average molecular weight is 364 g/mol. The van der Waals surface area contributed by atoms with Crippen molar-refractivity contribution >= 4 is 58.0 Å². The molecule has 1 amide bonds. The normalized spacial score (nSPS) is 15.9. The van der Waals surface area contributed by atoms with Crippen molar-refractivity contribution in [2.45, 2.75) is 10.1 Å². The number of rotatable bonds is 4. The van der Waals surface area contributed by atoms with Crippen LogP contribution in [-0.2, 0) is 4.79 Å². The van der Waals surface area contributed by atoms with Crippen LogP contribution in [0.4, 0.5) is 0 Å². The largest absolute Gasteiger partial charge is 0.478 e. The van der Waals surface area contributed by atoms with Crippen molar-refractivity contribution in [1.29, 1.82) is 0 Å². The molecule has 1 aliphatic heterocycles. The summed E-state index contributed by atoms with van der Waals surface area (Å²) in [6, 6.07) is 6.41. The lowest BCUT2D eigenvalue weighted by atomic mass is 10.3. The Morgan fingerprint density at radius 1 is 1.43 bits per heavy atom. The Labute approximate surface area is 144 Å². The zero-order chi connectivity index (χ0) is 16.4. The number of hydrogen-bond donors (Lipinski definition) is 2. The summed E-state index contributed by atoms with van der Waals surface area (Å²) in [7, 11) is 0. The third-order valence-corrected chi connectivity index (χ3v) is 4.82. The predicted octanol–water partition coefficient (Wildman–Crippen LogP) is 3.01. The standard InChI is InChI=1S/C14H8N2O4S3/c17-11-9(22-14(21)16-11)6-7-3-4-10(20-7)23-12-8(13(18)19)2-1-5-15-12/h1-6H,(H,18,19)(H,16,17,21)/b9-6-. The highest BCUT2D eigenvalue weighted by Gasteiger charge is 2.22. The number of nitrogens with one attached hydrogen (secondary N) is 1. The summed E-state index contributed by atoms with van der Waals surface area (Å²) in [5.41, 5.74) is 0.102. The number of carbonyl (C=O) groups excluding carboxylic acids is 1. The van der Waals surface area contributed by atoms with Gasteiger partial charge in [0.1, 0.15) is 15.1 Å². The fourth-order valence-electron chi connectivity index (χ4n) is 1.75. The van der Waals surface area contributed by atoms with Gasteiger partial charge < -0.3 is 14.8 Å². The fraction of sp³-hybridized carbons (Fsp3) is 0. The van der Waals surface area contributed by atoms with Crippen LogP contribution in [0.5, 0.6) is 0 Å². The number of pyridine rings is 1. The highest BCUT2D eigenvalue weighted by molar-refractivity contribution is 8.26. The average Bonchev–Trinajstić information content (AvgIpc) is 3.06. The molecular weight excluding hydrogens is 356 g/mol. The quantitative estimate of drug-likeness (QED) is 0.632. The molecular formula is C14H8N2O4S3. The van der Waals surface area contributed by atoms with Crippen molar-refractivity contribution in [1.82, 2.24) is 10.3 Å². The molecule has 2 aromatic heterocycles. The molecule has 116 valence electrons. The molecule has 1 aliphatic rings. The van der Waals surface area contributed by atoms with Gasteiger partial charge in [0.15, 0.2) is 5.09 Å². The number of thiocarbonyl (C=S) groups is 1. The Balaban J connectivity index is 1.81. The van der Waals surface area contributed by atoms with E-state index in [1.165, 1.54) is 12.3 Å². The third kappa shape index (κ3) is 3.63. The number of carbonyl (C=O) groups is 2. The van der Waals surface area contributed by atoms with Gasteiger partial charge in [-0.3, -0.25) is 4.79 Å². The van der Waals surface area contributed by atoms with E-state index in [4.69, 9.17) is 21.7 Å². The Morgan fingerprint density at radius 2 is 2.26 bits per heavy atom. The van der Waals surface area contributed by atoms with Crippen LogP contribution < -0.4 is 5.32 Å². The molecule has 0 aromatic carbocycles. The predicted molar refractivity (Wildman–Crippen MR) is 90.3 cm³/mol. The number of furan rings is 1. The molecule has 0 bridgehead atoms. The van der Waals surface area contributed by atoms with Gasteiger partial charge in [-0.15, -0.1) is 0 Å². The second-order valence-corrected chi connectivity index (χ2v) is 6.98. The first-order valence-electron chi connectivity index (χ1n) is 6.24. The summed E-state index contributed by atoms with van der Waals surface area (Å²) in [6.07, 6.45) is 3.10. The fourth-order valence-corrected chi connectivity index (χ4v) is 3.61. The van der Waals surface area contributed by atoms with Gasteiger partial charge in [0, 0.05) is 12.3 Å². The maximum absolute atomic E-state index is 11.6. The minimum absolute atomic E-state index is 0.102. The van der Waals surface area contributed by atoms with Gasteiger partial charge >= 0.3 is 5.97 Å². The summed E-state index contributed by atoms with van der Waals surface area (Å²) in [5, 5.41) is 12.5. The van der Waals surface area contributed by atoms with Crippen molar-refractivity contribution in [3.8, 4) is 0 Å². The minimum atomic E-state index is -1.05. The lowest BCUT2D eigenvalue weighted by molar-refractivity contribution is -0.115. The van der Waals surface area contributed by atoms with Crippen LogP contribution in [-0.4, -0.2) is 26.3 Å². The number of carboxylic acid groups (broad SMARTS) is 1. The van der Waals surface area contributed by atoms with E-state index in [-0.39, 0.29) is 11.5 Å². The van der Waals surface area contributed by atoms with E-state index in [9.17, 15) is 9.59 Å². The summed E-state index contributed by atoms with van der Waals surface area (Å²) in [6.45, 7) is 0. The Bertz CT molecular complexity index is 844. The van der Waals surface area contributed by atoms with Crippen LogP contribution >= 0.6 is 35.7 Å². The van der Waals surface area contributed by atoms with E-state index >= 15 is 0 Å². The Morgan fingerprint density at radius 3 is 2.96 bits per heavy atom. The van der Waals surface area contributed by atoms with Gasteiger partial charge in [-0.2, -0.15) is 0 Å². The number of aromatic carboxylic acids is 1. The molecule has 0 radical (unpaired) electrons. The first-order valence-corrected chi connectivity index (χ1v) is 8.28. The van der Waals surface area contributed by atoms with Crippen LogP contribution in [0.2, 0.25) is 0 Å². The SMILES string of the molecule is O=C1NC(=S)S/C1=C\c1ccc(Sc2ncccc2C(=O)O)o1. The molecule has 23 heavy (non-hydrogen) atoms. The second kappa shape index (κ2) is 6.57. The van der Waals surface area contributed by atoms with Gasteiger partial charge in [0.05, 0.1) is 10.5 Å². The zero-order valence-corrected chi connectivity index (χ0v) is 13.8. The summed E-state index contributed by atoms with van der Waals surface area (Å²) < 4.78 is 5.99. The third-order valence-electron chi connectivity index (χ3n) is 2.72. The van der Waals surface area contributed by atoms with Gasteiger partial charge in [0.25, 0.3) is 5.91 Å². The van der Waals surface area contributed by atoms with Crippen LogP contribution in [0.3, 0.4) is 0 Å². The maximum atomic E-state index is 11.6. The molecule has 1 saturated heterocycles. The zero-order valence-electron chi connectivity index (χ0n) is 11.3. The van der Waals surface area contributed by atoms with Crippen LogP contribution in [0, 0.1) is 0 Å². The van der Waals surface area contributed by atoms with E-state index in [2.05, 4.69) is 10.3 Å². The van der Waals surface area contributed by atoms with E-state index in [1.807, 2.05) is 0 Å². The number of aromatic nitrogens is 1. The topological polar surface area (TPSA) is 92.4 Å². The van der Waals surface area contributed by atoms with Gasteiger partial charge in [-0.25, -0.2) is 9.78 Å². The lowest BCUT2D eigenvalue weighted by Gasteiger charge is -2.01. The molecule has 3 rings (SSSR count). The van der Waals surface area contributed by atoms with E-state index in [1.54, 1.807) is 24.3 Å². The van der Waals surface area contributed by atoms with E-state index < -0.39 is 5.97 Å². The van der Waals surface area contributed by atoms with Crippen LogP contribution in [0.1, 0.15) is 16.1 Å². The van der Waals surface area contributed by atoms with Crippen LogP contribution in [0.15, 0.2) is 49.9 Å². The monoisotopic (exact) mass is 364 g/mol. The highest BCUT2D eigenvalue weighted by atomic mass is 32.2. The maximum Gasteiger partial charge on any atom is 0.338 e. The summed E-state index contributed by atoms with van der Waals surface area (Å²) >= 11 is 7.18. The molecule has 0 spiro atoms. The number of hydrogen-bond acceptors (Lipinski definition) is 7. The van der Waals surface area contributed by atoms with E-state index in [0.29, 0.717) is 25.1 Å². The van der Waals surface area contributed by atoms with Crippen molar-refractivity contribution in [2.75, 3.05) is 0 Å². The highest BCUT2D eigenvalue weighted by Crippen LogP contribution is 2.32. The molecule has 0 unspecified atom stereocenters. The van der Waals surface area contributed by atoms with Crippen molar-refractivity contribution in [3.63, 3.8) is 0 Å². The summed E-state index contributed by atoms with van der Waals surface area (Å²) in [4.78, 5) is 27.3. The number of nitrogens with zero attached hydrogens (tertiary/aromatic N) is 1. The van der Waals surface area contributed by atoms with Gasteiger partial charge in [-0.1, -0.05) is 24.0 Å². The molecule has 2 N–H and O–H groups in total. The number of thioether (sulfide) groups is 1. The minimum Gasteiger partial charge on any atom is -0.478 e. The van der Waals surface area contributed by atoms with Crippen molar-refractivity contribution in [2.24, 2.45) is 0 Å². The van der Waals surface area contributed by atoms with E-state index in [0.717, 1.165) is 23.5 Å². The smallest absolute Gasteiger partial charge is 0.338 e. The van der Waals surface area contributed by atoms with Crippen molar-refractivity contribution < 1.29 is 19.1 Å². The number of carboxylic acids is 1. The molecule has 6 nitrogen and oxygen atoms in total. The Hall–Kier alpha value is -2.10. The molecule has 0 atom stereocenters. The first kappa shape index (κ1) is 15.8. The molecule has 1 fully saturated rings. The van der Waals surface area contributed by atoms with Crippen LogP contribution in [0.25, 0.3) is 6.08 Å². The molecule has 0 aliphatic carbocycles. The van der Waals surface area contributed by atoms with Gasteiger partial charge in [-0.05, 0) is 36.0 Å². The lowest BCUT2D eigenvalue weighted by Crippen LogP contribution is -2.17. The van der Waals surface area contributed by atoms with Crippen molar-refractivity contribution in [3.05, 3.63) is 46.7 Å². The molecule has 9 heteroatoms. The Kier molecular flexibility index (Phi) is 4.51. The first-order chi connectivity index (χ1) is 11.0. The van der Waals surface area contributed by atoms with Gasteiger partial charge in [0.2, 0.25) is 0 Å². The molecule has 2 aromatic rings. The summed E-state index contributed by atoms with van der Waals surface area (Å²) in [5.74, 6) is -0.840. The number of amides is 1. The second-order valence-electron chi connectivity index (χ2n) is 4.27. The molecule has 3 heterocycles.